The first-order valence-electron chi connectivity index (χ1n) is 6.84. The highest BCUT2D eigenvalue weighted by molar-refractivity contribution is 5.60. The Hall–Kier alpha value is -2.36. The molecule has 0 saturated carbocycles. The largest absolute Gasteiger partial charge is 0.421 e. The first kappa shape index (κ1) is 15.5. The molecule has 1 aliphatic rings. The zero-order chi connectivity index (χ0) is 16.8. The lowest BCUT2D eigenvalue weighted by Gasteiger charge is -2.27. The second-order valence-electron chi connectivity index (χ2n) is 5.28. The van der Waals surface area contributed by atoms with Crippen LogP contribution in [-0.4, -0.2) is 40.0 Å². The quantitative estimate of drug-likeness (QED) is 0.927. The van der Waals surface area contributed by atoms with Crippen LogP contribution in [0.1, 0.15) is 17.3 Å². The third-order valence-corrected chi connectivity index (χ3v) is 3.76. The van der Waals surface area contributed by atoms with Gasteiger partial charge in [0.05, 0.1) is 36.8 Å². The normalized spacial score (nSPS) is 15.5. The molecule has 0 aliphatic carbocycles. The zero-order valence-corrected chi connectivity index (χ0v) is 12.5. The van der Waals surface area contributed by atoms with Crippen molar-refractivity contribution in [2.24, 2.45) is 0 Å². The van der Waals surface area contributed by atoms with Crippen molar-refractivity contribution < 1.29 is 17.9 Å². The number of hydrogen-bond donors (Lipinski definition) is 1. The van der Waals surface area contributed by atoms with E-state index in [9.17, 15) is 13.2 Å². The molecule has 2 aromatic heterocycles. The average Bonchev–Trinajstić information content (AvgIpc) is 2.77. The van der Waals surface area contributed by atoms with Gasteiger partial charge in [0.1, 0.15) is 11.4 Å². The number of nitrogens with two attached hydrogens (primary N) is 1. The average molecular weight is 328 g/mol. The Labute approximate surface area is 129 Å². The van der Waals surface area contributed by atoms with Crippen LogP contribution in [-0.2, 0) is 10.9 Å². The fourth-order valence-electron chi connectivity index (χ4n) is 2.35. The minimum Gasteiger partial charge on any atom is -0.383 e. The van der Waals surface area contributed by atoms with E-state index in [1.165, 1.54) is 0 Å². The molecule has 0 unspecified atom stereocenters. The fraction of sp³-hybridized carbons (Fsp3) is 0.462. The van der Waals surface area contributed by atoms with Gasteiger partial charge in [-0.2, -0.15) is 23.3 Å². The molecule has 23 heavy (non-hydrogen) atoms. The maximum absolute atomic E-state index is 12.7. The van der Waals surface area contributed by atoms with Crippen molar-refractivity contribution in [3.05, 3.63) is 23.7 Å². The number of hydrogen-bond acceptors (Lipinski definition) is 6. The third kappa shape index (κ3) is 2.69. The van der Waals surface area contributed by atoms with Gasteiger partial charge in [-0.25, -0.2) is 4.98 Å². The van der Waals surface area contributed by atoms with Crippen LogP contribution in [0, 0.1) is 6.92 Å². The number of nitrogens with zero attached hydrogens (tertiary/aromatic N) is 5. The van der Waals surface area contributed by atoms with E-state index >= 15 is 0 Å². The minimum absolute atomic E-state index is 0.0722. The van der Waals surface area contributed by atoms with E-state index in [0.29, 0.717) is 25.1 Å². The number of halogens is 3. The fourth-order valence-corrected chi connectivity index (χ4v) is 2.35. The SMILES string of the molecule is Cc1c(N(C)c2ncc(C(F)(F)F)c(N)n2)cnn1C1COC1. The first-order chi connectivity index (χ1) is 10.8. The van der Waals surface area contributed by atoms with Gasteiger partial charge < -0.3 is 15.4 Å². The van der Waals surface area contributed by atoms with Gasteiger partial charge in [0.25, 0.3) is 0 Å². The Morgan fingerprint density at radius 1 is 1.35 bits per heavy atom. The van der Waals surface area contributed by atoms with Gasteiger partial charge in [-0.15, -0.1) is 0 Å². The Kier molecular flexibility index (Phi) is 3.63. The number of anilines is 3. The maximum atomic E-state index is 12.7. The summed E-state index contributed by atoms with van der Waals surface area (Å²) in [6.45, 7) is 3.05. The van der Waals surface area contributed by atoms with E-state index in [-0.39, 0.29) is 12.0 Å². The van der Waals surface area contributed by atoms with Crippen molar-refractivity contribution in [2.45, 2.75) is 19.1 Å². The van der Waals surface area contributed by atoms with Crippen LogP contribution in [0.3, 0.4) is 0 Å². The Balaban J connectivity index is 1.90. The highest BCUT2D eigenvalue weighted by Gasteiger charge is 2.35. The second kappa shape index (κ2) is 5.37. The van der Waals surface area contributed by atoms with Crippen LogP contribution in [0.5, 0.6) is 0 Å². The molecule has 3 heterocycles. The van der Waals surface area contributed by atoms with Gasteiger partial charge in [0, 0.05) is 13.2 Å². The molecule has 0 radical (unpaired) electrons. The van der Waals surface area contributed by atoms with Crippen LogP contribution in [0.4, 0.5) is 30.6 Å². The van der Waals surface area contributed by atoms with Gasteiger partial charge in [0.15, 0.2) is 0 Å². The van der Waals surface area contributed by atoms with Crippen LogP contribution in [0.25, 0.3) is 0 Å². The molecule has 124 valence electrons. The summed E-state index contributed by atoms with van der Waals surface area (Å²) in [4.78, 5) is 9.07. The lowest BCUT2D eigenvalue weighted by Crippen LogP contribution is -2.32. The molecule has 3 rings (SSSR count). The van der Waals surface area contributed by atoms with Crippen LogP contribution in [0.15, 0.2) is 12.4 Å². The molecule has 0 spiro atoms. The summed E-state index contributed by atoms with van der Waals surface area (Å²) in [6.07, 6.45) is -2.27. The smallest absolute Gasteiger partial charge is 0.383 e. The number of ether oxygens (including phenoxy) is 1. The minimum atomic E-state index is -4.58. The standard InChI is InChI=1S/C13H15F3N6O/c1-7-10(4-19-22(7)8-5-23-6-8)21(2)12-18-3-9(11(17)20-12)13(14,15)16/h3-4,8H,5-6H2,1-2H3,(H2,17,18,20). The maximum Gasteiger partial charge on any atom is 0.421 e. The van der Waals surface area contributed by atoms with Gasteiger partial charge in [-0.3, -0.25) is 4.68 Å². The number of aromatic nitrogens is 4. The van der Waals surface area contributed by atoms with Crippen LogP contribution >= 0.6 is 0 Å². The van der Waals surface area contributed by atoms with Crippen LogP contribution < -0.4 is 10.6 Å². The lowest BCUT2D eigenvalue weighted by atomic mass is 10.2. The predicted octanol–water partition coefficient (Wildman–Crippen LogP) is 1.92. The summed E-state index contributed by atoms with van der Waals surface area (Å²) in [5.41, 5.74) is 5.90. The molecule has 1 fully saturated rings. The van der Waals surface area contributed by atoms with Crippen molar-refractivity contribution in [3.63, 3.8) is 0 Å². The molecule has 2 N–H and O–H groups in total. The van der Waals surface area contributed by atoms with Crippen molar-refractivity contribution in [2.75, 3.05) is 30.9 Å². The van der Waals surface area contributed by atoms with Gasteiger partial charge in [-0.1, -0.05) is 0 Å². The molecule has 0 bridgehead atoms. The molecule has 0 amide bonds. The molecule has 1 aliphatic heterocycles. The monoisotopic (exact) mass is 328 g/mol. The Morgan fingerprint density at radius 3 is 2.57 bits per heavy atom. The first-order valence-corrected chi connectivity index (χ1v) is 6.84. The highest BCUT2D eigenvalue weighted by Crippen LogP contribution is 2.34. The molecular weight excluding hydrogens is 313 g/mol. The molecule has 10 heteroatoms. The van der Waals surface area contributed by atoms with E-state index in [2.05, 4.69) is 15.1 Å². The van der Waals surface area contributed by atoms with Crippen molar-refractivity contribution in [3.8, 4) is 0 Å². The number of nitrogen functional groups attached to an aromatic ring is 1. The van der Waals surface area contributed by atoms with Gasteiger partial charge in [0.2, 0.25) is 5.95 Å². The van der Waals surface area contributed by atoms with Crippen molar-refractivity contribution in [1.82, 2.24) is 19.7 Å². The van der Waals surface area contributed by atoms with Crippen molar-refractivity contribution in [1.29, 1.82) is 0 Å². The molecule has 0 aromatic carbocycles. The Bertz CT molecular complexity index is 725. The highest BCUT2D eigenvalue weighted by atomic mass is 19.4. The molecule has 7 nitrogen and oxygen atoms in total. The van der Waals surface area contributed by atoms with E-state index in [1.54, 1.807) is 18.1 Å². The van der Waals surface area contributed by atoms with Crippen molar-refractivity contribution >= 4 is 17.5 Å². The summed E-state index contributed by atoms with van der Waals surface area (Å²) in [5, 5.41) is 4.29. The third-order valence-electron chi connectivity index (χ3n) is 3.76. The Morgan fingerprint density at radius 2 is 2.04 bits per heavy atom. The van der Waals surface area contributed by atoms with E-state index in [1.807, 2.05) is 11.6 Å². The summed E-state index contributed by atoms with van der Waals surface area (Å²) < 4.78 is 45.1. The summed E-state index contributed by atoms with van der Waals surface area (Å²) in [7, 11) is 1.65. The molecule has 1 saturated heterocycles. The van der Waals surface area contributed by atoms with Gasteiger partial charge >= 0.3 is 6.18 Å². The predicted molar refractivity (Wildman–Crippen MR) is 76.3 cm³/mol. The number of alkyl halides is 3. The summed E-state index contributed by atoms with van der Waals surface area (Å²) in [6, 6.07) is 0.177. The molecular formula is C13H15F3N6O. The lowest BCUT2D eigenvalue weighted by molar-refractivity contribution is -0.137. The van der Waals surface area contributed by atoms with E-state index in [4.69, 9.17) is 10.5 Å². The van der Waals surface area contributed by atoms with Gasteiger partial charge in [-0.05, 0) is 6.92 Å². The summed E-state index contributed by atoms with van der Waals surface area (Å²) in [5.74, 6) is -0.533. The van der Waals surface area contributed by atoms with Crippen LogP contribution in [0.2, 0.25) is 0 Å². The summed E-state index contributed by atoms with van der Waals surface area (Å²) >= 11 is 0. The van der Waals surface area contributed by atoms with E-state index in [0.717, 1.165) is 5.69 Å². The second-order valence-corrected chi connectivity index (χ2v) is 5.28. The topological polar surface area (TPSA) is 82.1 Å². The molecule has 2 aromatic rings. The molecule has 0 atom stereocenters. The number of rotatable bonds is 3. The zero-order valence-electron chi connectivity index (χ0n) is 12.5. The van der Waals surface area contributed by atoms with E-state index < -0.39 is 17.6 Å².